The van der Waals surface area contributed by atoms with Gasteiger partial charge in [-0.05, 0) is 38.0 Å². The van der Waals surface area contributed by atoms with Gasteiger partial charge in [0.2, 0.25) is 0 Å². The fraction of sp³-hybridized carbons (Fsp3) is 0.273. The predicted molar refractivity (Wildman–Crippen MR) is 101 cm³/mol. The molecule has 4 heteroatoms. The van der Waals surface area contributed by atoms with Gasteiger partial charge in [-0.3, -0.25) is 9.78 Å². The Morgan fingerprint density at radius 3 is 2.58 bits per heavy atom. The van der Waals surface area contributed by atoms with Gasteiger partial charge in [-0.1, -0.05) is 36.4 Å². The minimum absolute atomic E-state index is 0.110. The lowest BCUT2D eigenvalue weighted by Crippen LogP contribution is -2.30. The highest BCUT2D eigenvalue weighted by atomic mass is 19.1. The van der Waals surface area contributed by atoms with Crippen LogP contribution in [0.15, 0.2) is 54.6 Å². The van der Waals surface area contributed by atoms with Gasteiger partial charge in [0.1, 0.15) is 5.82 Å². The third kappa shape index (κ3) is 2.96. The summed E-state index contributed by atoms with van der Waals surface area (Å²) in [5.41, 5.74) is 2.98. The number of benzene rings is 2. The molecule has 1 aliphatic rings. The molecule has 1 aliphatic carbocycles. The Morgan fingerprint density at radius 1 is 1.15 bits per heavy atom. The van der Waals surface area contributed by atoms with Crippen molar-refractivity contribution in [1.82, 2.24) is 9.88 Å². The van der Waals surface area contributed by atoms with E-state index in [9.17, 15) is 9.18 Å². The minimum atomic E-state index is -0.361. The number of hydrogen-bond acceptors (Lipinski definition) is 2. The Hall–Kier alpha value is -2.75. The first kappa shape index (κ1) is 16.7. The molecule has 1 fully saturated rings. The molecule has 1 unspecified atom stereocenters. The number of pyridine rings is 1. The Kier molecular flexibility index (Phi) is 4.19. The van der Waals surface area contributed by atoms with Crippen molar-refractivity contribution in [3.8, 4) is 0 Å². The second kappa shape index (κ2) is 6.52. The number of para-hydroxylation sites is 1. The molecule has 0 bridgehead atoms. The Balaban J connectivity index is 1.74. The van der Waals surface area contributed by atoms with Crippen LogP contribution in [0.4, 0.5) is 4.39 Å². The molecule has 2 aromatic carbocycles. The van der Waals surface area contributed by atoms with E-state index in [-0.39, 0.29) is 17.8 Å². The molecule has 1 saturated carbocycles. The topological polar surface area (TPSA) is 33.2 Å². The average molecular weight is 348 g/mol. The van der Waals surface area contributed by atoms with Gasteiger partial charge in [0.25, 0.3) is 5.91 Å². The van der Waals surface area contributed by atoms with Crippen molar-refractivity contribution in [1.29, 1.82) is 0 Å². The molecule has 1 heterocycles. The van der Waals surface area contributed by atoms with Crippen molar-refractivity contribution in [2.45, 2.75) is 31.7 Å². The van der Waals surface area contributed by atoms with Gasteiger partial charge in [-0.25, -0.2) is 4.39 Å². The van der Waals surface area contributed by atoms with E-state index in [1.54, 1.807) is 30.1 Å². The fourth-order valence-electron chi connectivity index (χ4n) is 3.35. The molecule has 0 saturated heterocycles. The number of halogens is 1. The highest BCUT2D eigenvalue weighted by Gasteiger charge is 2.28. The van der Waals surface area contributed by atoms with E-state index in [4.69, 9.17) is 4.98 Å². The average Bonchev–Trinajstić information content (AvgIpc) is 3.51. The summed E-state index contributed by atoms with van der Waals surface area (Å²) in [4.78, 5) is 19.6. The first-order valence-electron chi connectivity index (χ1n) is 8.97. The van der Waals surface area contributed by atoms with Crippen LogP contribution in [0, 0.1) is 5.82 Å². The van der Waals surface area contributed by atoms with Crippen LogP contribution >= 0.6 is 0 Å². The van der Waals surface area contributed by atoms with Gasteiger partial charge in [0.05, 0.1) is 17.1 Å². The summed E-state index contributed by atoms with van der Waals surface area (Å²) in [7, 11) is 1.73. The second-order valence-corrected chi connectivity index (χ2v) is 7.00. The van der Waals surface area contributed by atoms with Crippen molar-refractivity contribution in [3.05, 3.63) is 77.2 Å². The van der Waals surface area contributed by atoms with Crippen molar-refractivity contribution in [2.75, 3.05) is 7.05 Å². The van der Waals surface area contributed by atoms with Crippen LogP contribution in [-0.4, -0.2) is 22.8 Å². The lowest BCUT2D eigenvalue weighted by atomic mass is 10.0. The molecule has 0 N–H and O–H groups in total. The van der Waals surface area contributed by atoms with Crippen molar-refractivity contribution < 1.29 is 9.18 Å². The molecule has 26 heavy (non-hydrogen) atoms. The van der Waals surface area contributed by atoms with Gasteiger partial charge in [0.15, 0.2) is 0 Å². The SMILES string of the molecule is CC(c1ccccc1F)N(C)C(=O)c1cc(C2CC2)nc2ccccc12. The van der Waals surface area contributed by atoms with Crippen LogP contribution in [0.2, 0.25) is 0 Å². The number of nitrogens with zero attached hydrogens (tertiary/aromatic N) is 2. The normalized spacial score (nSPS) is 15.0. The minimum Gasteiger partial charge on any atom is -0.335 e. The van der Waals surface area contributed by atoms with E-state index in [1.807, 2.05) is 37.3 Å². The second-order valence-electron chi connectivity index (χ2n) is 7.00. The standard InChI is InChI=1S/C22H21FN2O/c1-14(16-7-3-5-9-19(16)23)25(2)22(26)18-13-21(15-11-12-15)24-20-10-6-4-8-17(18)20/h3-10,13-15H,11-12H2,1-2H3. The Labute approximate surface area is 152 Å². The maximum absolute atomic E-state index is 14.1. The Morgan fingerprint density at radius 2 is 1.85 bits per heavy atom. The van der Waals surface area contributed by atoms with Crippen LogP contribution in [0.3, 0.4) is 0 Å². The molecule has 132 valence electrons. The maximum atomic E-state index is 14.1. The van der Waals surface area contributed by atoms with E-state index in [0.717, 1.165) is 29.4 Å². The maximum Gasteiger partial charge on any atom is 0.254 e. The largest absolute Gasteiger partial charge is 0.335 e. The summed E-state index contributed by atoms with van der Waals surface area (Å²) in [5, 5.41) is 0.842. The van der Waals surface area contributed by atoms with E-state index < -0.39 is 0 Å². The molecule has 3 nitrogen and oxygen atoms in total. The number of fused-ring (bicyclic) bond motifs is 1. The molecule has 0 radical (unpaired) electrons. The Bertz CT molecular complexity index is 981. The highest BCUT2D eigenvalue weighted by Crippen LogP contribution is 2.40. The van der Waals surface area contributed by atoms with Crippen LogP contribution in [0.1, 0.15) is 53.3 Å². The van der Waals surface area contributed by atoms with Crippen molar-refractivity contribution in [3.63, 3.8) is 0 Å². The van der Waals surface area contributed by atoms with Gasteiger partial charge >= 0.3 is 0 Å². The lowest BCUT2D eigenvalue weighted by molar-refractivity contribution is 0.0742. The number of rotatable bonds is 4. The highest BCUT2D eigenvalue weighted by molar-refractivity contribution is 6.06. The summed E-state index contributed by atoms with van der Waals surface area (Å²) >= 11 is 0. The van der Waals surface area contributed by atoms with Crippen LogP contribution in [-0.2, 0) is 0 Å². The molecular formula is C22H21FN2O. The summed E-state index contributed by atoms with van der Waals surface area (Å²) in [6, 6.07) is 15.9. The summed E-state index contributed by atoms with van der Waals surface area (Å²) in [6.07, 6.45) is 2.25. The van der Waals surface area contributed by atoms with Crippen LogP contribution < -0.4 is 0 Å². The first-order chi connectivity index (χ1) is 12.6. The molecule has 0 aliphatic heterocycles. The van der Waals surface area contributed by atoms with E-state index in [2.05, 4.69) is 0 Å². The summed E-state index contributed by atoms with van der Waals surface area (Å²) in [5.74, 6) is 0.0552. The zero-order chi connectivity index (χ0) is 18.3. The van der Waals surface area contributed by atoms with E-state index in [1.165, 1.54) is 6.07 Å². The zero-order valence-electron chi connectivity index (χ0n) is 14.9. The van der Waals surface area contributed by atoms with E-state index in [0.29, 0.717) is 17.0 Å². The van der Waals surface area contributed by atoms with Crippen molar-refractivity contribution >= 4 is 16.8 Å². The van der Waals surface area contributed by atoms with Gasteiger partial charge in [-0.15, -0.1) is 0 Å². The number of carbonyl (C=O) groups is 1. The van der Waals surface area contributed by atoms with Gasteiger partial charge in [0, 0.05) is 29.6 Å². The summed E-state index contributed by atoms with van der Waals surface area (Å²) < 4.78 is 14.1. The van der Waals surface area contributed by atoms with Crippen LogP contribution in [0.25, 0.3) is 10.9 Å². The molecule has 0 spiro atoms. The third-order valence-corrected chi connectivity index (χ3v) is 5.22. The quantitative estimate of drug-likeness (QED) is 0.658. The first-order valence-corrected chi connectivity index (χ1v) is 8.97. The molecule has 1 amide bonds. The smallest absolute Gasteiger partial charge is 0.254 e. The van der Waals surface area contributed by atoms with E-state index >= 15 is 0 Å². The zero-order valence-corrected chi connectivity index (χ0v) is 14.9. The molecule has 3 aromatic rings. The monoisotopic (exact) mass is 348 g/mol. The van der Waals surface area contributed by atoms with Crippen LogP contribution in [0.5, 0.6) is 0 Å². The number of aromatic nitrogens is 1. The molecule has 1 atom stereocenters. The number of carbonyl (C=O) groups excluding carboxylic acids is 1. The van der Waals surface area contributed by atoms with Gasteiger partial charge in [-0.2, -0.15) is 0 Å². The van der Waals surface area contributed by atoms with Gasteiger partial charge < -0.3 is 4.90 Å². The van der Waals surface area contributed by atoms with Crippen molar-refractivity contribution in [2.24, 2.45) is 0 Å². The fourth-order valence-corrected chi connectivity index (χ4v) is 3.35. The molecular weight excluding hydrogens is 327 g/mol. The number of amides is 1. The molecule has 1 aromatic heterocycles. The molecule has 4 rings (SSSR count). The summed E-state index contributed by atoms with van der Waals surface area (Å²) in [6.45, 7) is 1.85. The number of hydrogen-bond donors (Lipinski definition) is 0. The third-order valence-electron chi connectivity index (χ3n) is 5.22. The predicted octanol–water partition coefficient (Wildman–Crippen LogP) is 5.08. The lowest BCUT2D eigenvalue weighted by Gasteiger charge is -2.26.